The second kappa shape index (κ2) is 7.41. The van der Waals surface area contributed by atoms with Gasteiger partial charge in [-0.05, 0) is 41.4 Å². The van der Waals surface area contributed by atoms with Gasteiger partial charge in [-0.3, -0.25) is 0 Å². The molecule has 1 aromatic rings. The molecule has 1 saturated carbocycles. The van der Waals surface area contributed by atoms with E-state index in [9.17, 15) is 4.39 Å². The minimum Gasteiger partial charge on any atom is -0.496 e. The average molecular weight is 344 g/mol. The van der Waals surface area contributed by atoms with Crippen molar-refractivity contribution in [2.24, 2.45) is 5.92 Å². The zero-order valence-electron chi connectivity index (χ0n) is 12.2. The highest BCUT2D eigenvalue weighted by atomic mass is 79.9. The summed E-state index contributed by atoms with van der Waals surface area (Å²) in [6.45, 7) is 0. The first-order valence-corrected chi connectivity index (χ1v) is 8.15. The van der Waals surface area contributed by atoms with Crippen LogP contribution in [-0.2, 0) is 0 Å². The van der Waals surface area contributed by atoms with Crippen molar-refractivity contribution in [1.29, 1.82) is 0 Å². The van der Waals surface area contributed by atoms with Crippen molar-refractivity contribution < 1.29 is 9.13 Å². The van der Waals surface area contributed by atoms with E-state index in [1.54, 1.807) is 7.11 Å². The Labute approximate surface area is 129 Å². The molecule has 1 aromatic carbocycles. The van der Waals surface area contributed by atoms with Gasteiger partial charge in [-0.15, -0.1) is 0 Å². The number of ether oxygens (including phenoxy) is 1. The third kappa shape index (κ3) is 3.73. The van der Waals surface area contributed by atoms with Crippen LogP contribution in [0.15, 0.2) is 16.6 Å². The molecule has 0 aliphatic heterocycles. The Kier molecular flexibility index (Phi) is 5.85. The van der Waals surface area contributed by atoms with E-state index in [0.717, 1.165) is 17.9 Å². The van der Waals surface area contributed by atoms with Gasteiger partial charge in [-0.2, -0.15) is 0 Å². The van der Waals surface area contributed by atoms with Crippen LogP contribution in [0.1, 0.15) is 50.1 Å². The molecule has 0 spiro atoms. The number of hydrogen-bond acceptors (Lipinski definition) is 2. The zero-order valence-corrected chi connectivity index (χ0v) is 13.8. The molecule has 4 heteroatoms. The van der Waals surface area contributed by atoms with Crippen LogP contribution in [0, 0.1) is 11.7 Å². The van der Waals surface area contributed by atoms with Gasteiger partial charge in [-0.25, -0.2) is 4.39 Å². The molecule has 20 heavy (non-hydrogen) atoms. The van der Waals surface area contributed by atoms with E-state index in [1.807, 2.05) is 13.1 Å². The third-order valence-electron chi connectivity index (χ3n) is 4.29. The first-order valence-electron chi connectivity index (χ1n) is 7.36. The molecule has 1 fully saturated rings. The van der Waals surface area contributed by atoms with Gasteiger partial charge in [0.2, 0.25) is 0 Å². The first kappa shape index (κ1) is 15.8. The number of hydrogen-bond donors (Lipinski definition) is 1. The van der Waals surface area contributed by atoms with E-state index < -0.39 is 0 Å². The van der Waals surface area contributed by atoms with Gasteiger partial charge in [0, 0.05) is 17.7 Å². The third-order valence-corrected chi connectivity index (χ3v) is 4.90. The van der Waals surface area contributed by atoms with Crippen LogP contribution >= 0.6 is 15.9 Å². The SMILES string of the molecule is CNC(CC1CCCCC1)c1cc(Br)c(F)cc1OC. The predicted octanol–water partition coefficient (Wildman–Crippen LogP) is 4.83. The molecule has 1 N–H and O–H groups in total. The van der Waals surface area contributed by atoms with Gasteiger partial charge >= 0.3 is 0 Å². The highest BCUT2D eigenvalue weighted by molar-refractivity contribution is 9.10. The topological polar surface area (TPSA) is 21.3 Å². The standard InChI is InChI=1S/C16H23BrFNO/c1-19-15(8-11-6-4-3-5-7-11)12-9-13(17)14(18)10-16(12)20-2/h9-11,15,19H,3-8H2,1-2H3. The van der Waals surface area contributed by atoms with Crippen molar-refractivity contribution in [2.75, 3.05) is 14.2 Å². The quantitative estimate of drug-likeness (QED) is 0.826. The second-order valence-electron chi connectivity index (χ2n) is 5.59. The van der Waals surface area contributed by atoms with Crippen molar-refractivity contribution in [3.8, 4) is 5.75 Å². The van der Waals surface area contributed by atoms with Crippen LogP contribution in [0.4, 0.5) is 4.39 Å². The van der Waals surface area contributed by atoms with Gasteiger partial charge < -0.3 is 10.1 Å². The number of rotatable bonds is 5. The largest absolute Gasteiger partial charge is 0.496 e. The summed E-state index contributed by atoms with van der Waals surface area (Å²) in [4.78, 5) is 0. The van der Waals surface area contributed by atoms with Crippen LogP contribution < -0.4 is 10.1 Å². The summed E-state index contributed by atoms with van der Waals surface area (Å²) < 4.78 is 19.5. The molecular weight excluding hydrogens is 321 g/mol. The van der Waals surface area contributed by atoms with Crippen molar-refractivity contribution in [1.82, 2.24) is 5.32 Å². The Morgan fingerprint density at radius 1 is 1.35 bits per heavy atom. The minimum absolute atomic E-state index is 0.213. The average Bonchev–Trinajstić information content (AvgIpc) is 2.48. The van der Waals surface area contributed by atoms with Crippen molar-refractivity contribution in [2.45, 2.75) is 44.6 Å². The maximum absolute atomic E-state index is 13.6. The number of nitrogens with one attached hydrogen (secondary N) is 1. The van der Waals surface area contributed by atoms with Crippen LogP contribution in [0.5, 0.6) is 5.75 Å². The Bertz CT molecular complexity index is 446. The van der Waals surface area contributed by atoms with Crippen molar-refractivity contribution in [3.63, 3.8) is 0 Å². The van der Waals surface area contributed by atoms with Crippen LogP contribution in [0.25, 0.3) is 0 Å². The molecule has 112 valence electrons. The number of methoxy groups -OCH3 is 1. The molecule has 1 aliphatic rings. The van der Waals surface area contributed by atoms with E-state index >= 15 is 0 Å². The zero-order chi connectivity index (χ0) is 14.5. The molecule has 2 nitrogen and oxygen atoms in total. The maximum atomic E-state index is 13.6. The maximum Gasteiger partial charge on any atom is 0.141 e. The molecule has 1 atom stereocenters. The lowest BCUT2D eigenvalue weighted by Gasteiger charge is -2.27. The minimum atomic E-state index is -0.280. The highest BCUT2D eigenvalue weighted by Gasteiger charge is 2.22. The normalized spacial score (nSPS) is 18.0. The lowest BCUT2D eigenvalue weighted by Crippen LogP contribution is -2.22. The lowest BCUT2D eigenvalue weighted by atomic mass is 9.83. The fraction of sp³-hybridized carbons (Fsp3) is 0.625. The van der Waals surface area contributed by atoms with E-state index in [-0.39, 0.29) is 11.9 Å². The Balaban J connectivity index is 2.19. The summed E-state index contributed by atoms with van der Waals surface area (Å²) in [5.74, 6) is 1.11. The summed E-state index contributed by atoms with van der Waals surface area (Å²) in [7, 11) is 3.56. The molecule has 0 saturated heterocycles. The molecule has 0 aromatic heterocycles. The van der Waals surface area contributed by atoms with Gasteiger partial charge in [0.25, 0.3) is 0 Å². The van der Waals surface area contributed by atoms with Crippen LogP contribution in [0.3, 0.4) is 0 Å². The highest BCUT2D eigenvalue weighted by Crippen LogP contribution is 2.36. The number of benzene rings is 1. The summed E-state index contributed by atoms with van der Waals surface area (Å²) >= 11 is 3.27. The molecule has 1 aliphatic carbocycles. The molecule has 1 unspecified atom stereocenters. The van der Waals surface area contributed by atoms with Gasteiger partial charge in [0.15, 0.2) is 0 Å². The predicted molar refractivity (Wildman–Crippen MR) is 83.6 cm³/mol. The summed E-state index contributed by atoms with van der Waals surface area (Å²) in [5, 5.41) is 3.36. The summed E-state index contributed by atoms with van der Waals surface area (Å²) in [6.07, 6.45) is 7.75. The van der Waals surface area contributed by atoms with Gasteiger partial charge in [0.05, 0.1) is 11.6 Å². The first-order chi connectivity index (χ1) is 9.65. The van der Waals surface area contributed by atoms with Crippen molar-refractivity contribution in [3.05, 3.63) is 28.0 Å². The van der Waals surface area contributed by atoms with Crippen LogP contribution in [-0.4, -0.2) is 14.2 Å². The Morgan fingerprint density at radius 2 is 2.05 bits per heavy atom. The second-order valence-corrected chi connectivity index (χ2v) is 6.44. The van der Waals surface area contributed by atoms with Gasteiger partial charge in [0.1, 0.15) is 11.6 Å². The lowest BCUT2D eigenvalue weighted by molar-refractivity contribution is 0.301. The molecule has 0 radical (unpaired) electrons. The molecule has 0 bridgehead atoms. The van der Waals surface area contributed by atoms with Crippen molar-refractivity contribution >= 4 is 15.9 Å². The molecular formula is C16H23BrFNO. The van der Waals surface area contributed by atoms with E-state index in [2.05, 4.69) is 21.2 Å². The number of halogens is 2. The molecule has 0 amide bonds. The Hall–Kier alpha value is -0.610. The fourth-order valence-electron chi connectivity index (χ4n) is 3.15. The van der Waals surface area contributed by atoms with E-state index in [4.69, 9.17) is 4.74 Å². The van der Waals surface area contributed by atoms with E-state index in [0.29, 0.717) is 10.2 Å². The summed E-state index contributed by atoms with van der Waals surface area (Å²) in [5.41, 5.74) is 1.04. The van der Waals surface area contributed by atoms with Crippen LogP contribution in [0.2, 0.25) is 0 Å². The van der Waals surface area contributed by atoms with Gasteiger partial charge in [-0.1, -0.05) is 32.1 Å². The smallest absolute Gasteiger partial charge is 0.141 e. The Morgan fingerprint density at radius 3 is 2.65 bits per heavy atom. The molecule has 2 rings (SSSR count). The van der Waals surface area contributed by atoms with E-state index in [1.165, 1.54) is 38.2 Å². The summed E-state index contributed by atoms with van der Waals surface area (Å²) in [6, 6.07) is 3.52. The molecule has 0 heterocycles. The fourth-order valence-corrected chi connectivity index (χ4v) is 3.51. The monoisotopic (exact) mass is 343 g/mol.